The first-order chi connectivity index (χ1) is 11.8. The molecule has 0 aliphatic rings. The number of carbonyl (C=O) groups is 1. The van der Waals surface area contributed by atoms with Gasteiger partial charge in [0.15, 0.2) is 5.82 Å². The zero-order chi connectivity index (χ0) is 18.4. The third-order valence-electron chi connectivity index (χ3n) is 3.25. The molecule has 1 heterocycles. The molecule has 1 amide bonds. The lowest BCUT2D eigenvalue weighted by molar-refractivity contribution is -0.137. The summed E-state index contributed by atoms with van der Waals surface area (Å²) in [6.45, 7) is 1.52. The number of halogens is 3. The number of nitrogens with zero attached hydrogens (tertiary/aromatic N) is 3. The van der Waals surface area contributed by atoms with E-state index in [2.05, 4.69) is 20.8 Å². The van der Waals surface area contributed by atoms with E-state index in [-0.39, 0.29) is 11.4 Å². The number of benzene rings is 1. The Morgan fingerprint density at radius 2 is 1.64 bits per heavy atom. The van der Waals surface area contributed by atoms with Crippen molar-refractivity contribution in [3.8, 4) is 0 Å². The lowest BCUT2D eigenvalue weighted by atomic mass is 10.1. The fraction of sp³-hybridized carbons (Fsp3) is 0.312. The highest BCUT2D eigenvalue weighted by Crippen LogP contribution is 2.29. The lowest BCUT2D eigenvalue weighted by Crippen LogP contribution is -2.21. The summed E-state index contributed by atoms with van der Waals surface area (Å²) in [7, 11) is 3.90. The molecule has 25 heavy (non-hydrogen) atoms. The molecule has 0 bridgehead atoms. The summed E-state index contributed by atoms with van der Waals surface area (Å²) in [5.74, 6) is 0.216. The van der Waals surface area contributed by atoms with E-state index >= 15 is 0 Å². The molecule has 134 valence electrons. The van der Waals surface area contributed by atoms with Crippen molar-refractivity contribution in [1.82, 2.24) is 15.1 Å². The second kappa shape index (κ2) is 7.93. The molecule has 1 aromatic heterocycles. The van der Waals surface area contributed by atoms with Crippen LogP contribution in [0.4, 0.5) is 24.8 Å². The monoisotopic (exact) mass is 353 g/mol. The molecular formula is C16H18F3N5O. The van der Waals surface area contributed by atoms with Gasteiger partial charge in [-0.3, -0.25) is 4.79 Å². The molecule has 0 spiro atoms. The van der Waals surface area contributed by atoms with Crippen LogP contribution in [-0.4, -0.2) is 48.2 Å². The van der Waals surface area contributed by atoms with Gasteiger partial charge in [0.1, 0.15) is 5.82 Å². The molecule has 0 atom stereocenters. The van der Waals surface area contributed by atoms with E-state index in [9.17, 15) is 18.0 Å². The number of alkyl halides is 3. The normalized spacial score (nSPS) is 11.4. The van der Waals surface area contributed by atoms with Gasteiger partial charge in [-0.2, -0.15) is 13.2 Å². The fourth-order valence-electron chi connectivity index (χ4n) is 1.90. The minimum Gasteiger partial charge on any atom is -0.367 e. The number of likely N-dealkylation sites (N-methyl/N-ethyl adjacent to an activating group) is 1. The number of amides is 1. The van der Waals surface area contributed by atoms with Gasteiger partial charge in [0.05, 0.1) is 5.56 Å². The molecule has 0 fully saturated rings. The summed E-state index contributed by atoms with van der Waals surface area (Å²) >= 11 is 0. The smallest absolute Gasteiger partial charge is 0.367 e. The van der Waals surface area contributed by atoms with Crippen LogP contribution in [0, 0.1) is 0 Å². The first kappa shape index (κ1) is 18.7. The highest BCUT2D eigenvalue weighted by Gasteiger charge is 2.30. The Bertz CT molecular complexity index is 699. The molecule has 0 aliphatic carbocycles. The molecular weight excluding hydrogens is 335 g/mol. The van der Waals surface area contributed by atoms with Crippen molar-refractivity contribution in [1.29, 1.82) is 0 Å². The van der Waals surface area contributed by atoms with Gasteiger partial charge in [0.25, 0.3) is 5.91 Å². The van der Waals surface area contributed by atoms with Gasteiger partial charge in [-0.05, 0) is 50.5 Å². The summed E-state index contributed by atoms with van der Waals surface area (Å²) in [4.78, 5) is 14.0. The molecule has 1 aromatic carbocycles. The number of rotatable bonds is 6. The zero-order valence-corrected chi connectivity index (χ0v) is 13.8. The van der Waals surface area contributed by atoms with Crippen LogP contribution in [0.3, 0.4) is 0 Å². The molecule has 0 unspecified atom stereocenters. The second-order valence-electron chi connectivity index (χ2n) is 5.56. The molecule has 0 radical (unpaired) electrons. The minimum atomic E-state index is -4.43. The molecule has 2 aromatic rings. The molecule has 9 heteroatoms. The number of nitrogens with one attached hydrogen (secondary N) is 2. The quantitative estimate of drug-likeness (QED) is 0.836. The lowest BCUT2D eigenvalue weighted by Gasteiger charge is -2.11. The maximum absolute atomic E-state index is 12.5. The highest BCUT2D eigenvalue weighted by atomic mass is 19.4. The van der Waals surface area contributed by atoms with E-state index in [4.69, 9.17) is 0 Å². The van der Waals surface area contributed by atoms with Gasteiger partial charge in [0, 0.05) is 18.7 Å². The van der Waals surface area contributed by atoms with E-state index in [0.717, 1.165) is 30.8 Å². The maximum Gasteiger partial charge on any atom is 0.416 e. The van der Waals surface area contributed by atoms with Gasteiger partial charge in [0.2, 0.25) is 0 Å². The molecule has 2 rings (SSSR count). The molecule has 0 saturated heterocycles. The Kier molecular flexibility index (Phi) is 5.92. The summed E-state index contributed by atoms with van der Waals surface area (Å²) < 4.78 is 37.5. The number of hydrogen-bond acceptors (Lipinski definition) is 5. The predicted octanol–water partition coefficient (Wildman–Crippen LogP) is 2.72. The molecule has 6 nitrogen and oxygen atoms in total. The third kappa shape index (κ3) is 5.71. The van der Waals surface area contributed by atoms with Crippen LogP contribution in [0.25, 0.3) is 0 Å². The van der Waals surface area contributed by atoms with Crippen molar-refractivity contribution in [3.05, 3.63) is 47.5 Å². The average Bonchev–Trinajstić information content (AvgIpc) is 2.55. The van der Waals surface area contributed by atoms with Crippen molar-refractivity contribution in [3.63, 3.8) is 0 Å². The van der Waals surface area contributed by atoms with Crippen molar-refractivity contribution >= 4 is 17.5 Å². The predicted molar refractivity (Wildman–Crippen MR) is 88.5 cm³/mol. The van der Waals surface area contributed by atoms with Crippen LogP contribution < -0.4 is 10.6 Å². The number of anilines is 2. The Balaban J connectivity index is 1.94. The SMILES string of the molecule is CN(C)CCNc1ccc(NC(=O)c2ccc(C(F)(F)F)cc2)nn1. The van der Waals surface area contributed by atoms with Crippen LogP contribution in [0.1, 0.15) is 15.9 Å². The van der Waals surface area contributed by atoms with Crippen molar-refractivity contribution in [2.75, 3.05) is 37.8 Å². The standard InChI is InChI=1S/C16H18F3N5O/c1-24(2)10-9-20-13-7-8-14(23-22-13)21-15(25)11-3-5-12(6-4-11)16(17,18)19/h3-8H,9-10H2,1-2H3,(H,20,22)(H,21,23,25). The number of carbonyl (C=O) groups excluding carboxylic acids is 1. The van der Waals surface area contributed by atoms with Crippen molar-refractivity contribution in [2.24, 2.45) is 0 Å². The summed E-state index contributed by atoms with van der Waals surface area (Å²) in [6, 6.07) is 7.17. The average molecular weight is 353 g/mol. The van der Waals surface area contributed by atoms with Crippen molar-refractivity contribution in [2.45, 2.75) is 6.18 Å². The molecule has 0 aliphatic heterocycles. The number of aromatic nitrogens is 2. The Morgan fingerprint density at radius 1 is 1.04 bits per heavy atom. The van der Waals surface area contributed by atoms with Gasteiger partial charge >= 0.3 is 6.18 Å². The summed E-state index contributed by atoms with van der Waals surface area (Å²) in [5, 5.41) is 13.3. The molecule has 0 saturated carbocycles. The first-order valence-corrected chi connectivity index (χ1v) is 7.46. The van der Waals surface area contributed by atoms with Crippen LogP contribution in [-0.2, 0) is 6.18 Å². The van der Waals surface area contributed by atoms with Gasteiger partial charge in [-0.25, -0.2) is 0 Å². The fourth-order valence-corrected chi connectivity index (χ4v) is 1.90. The van der Waals surface area contributed by atoms with Crippen LogP contribution in [0.15, 0.2) is 36.4 Å². The van der Waals surface area contributed by atoms with Crippen LogP contribution in [0.5, 0.6) is 0 Å². The largest absolute Gasteiger partial charge is 0.416 e. The van der Waals surface area contributed by atoms with E-state index in [0.29, 0.717) is 12.4 Å². The summed E-state index contributed by atoms with van der Waals surface area (Å²) in [5.41, 5.74) is -0.708. The summed E-state index contributed by atoms with van der Waals surface area (Å²) in [6.07, 6.45) is -4.43. The van der Waals surface area contributed by atoms with E-state index in [1.165, 1.54) is 0 Å². The van der Waals surface area contributed by atoms with Crippen LogP contribution in [0.2, 0.25) is 0 Å². The zero-order valence-electron chi connectivity index (χ0n) is 13.8. The van der Waals surface area contributed by atoms with Crippen LogP contribution >= 0.6 is 0 Å². The topological polar surface area (TPSA) is 70.2 Å². The van der Waals surface area contributed by atoms with E-state index in [1.54, 1.807) is 12.1 Å². The van der Waals surface area contributed by atoms with E-state index in [1.807, 2.05) is 19.0 Å². The van der Waals surface area contributed by atoms with Gasteiger partial charge < -0.3 is 15.5 Å². The van der Waals surface area contributed by atoms with Gasteiger partial charge in [-0.1, -0.05) is 0 Å². The first-order valence-electron chi connectivity index (χ1n) is 7.46. The molecule has 2 N–H and O–H groups in total. The van der Waals surface area contributed by atoms with E-state index < -0.39 is 17.6 Å². The second-order valence-corrected chi connectivity index (χ2v) is 5.56. The maximum atomic E-state index is 12.5. The number of hydrogen-bond donors (Lipinski definition) is 2. The van der Waals surface area contributed by atoms with Gasteiger partial charge in [-0.15, -0.1) is 10.2 Å². The highest BCUT2D eigenvalue weighted by molar-refractivity contribution is 6.03. The Morgan fingerprint density at radius 3 is 2.16 bits per heavy atom. The minimum absolute atomic E-state index is 0.1000. The Hall–Kier alpha value is -2.68. The third-order valence-corrected chi connectivity index (χ3v) is 3.25. The Labute approximate surface area is 143 Å². The van der Waals surface area contributed by atoms with Crippen molar-refractivity contribution < 1.29 is 18.0 Å².